The Morgan fingerprint density at radius 3 is 3.06 bits per heavy atom. The molecule has 1 saturated carbocycles. The molecule has 1 fully saturated rings. The zero-order valence-electron chi connectivity index (χ0n) is 10.2. The molecule has 0 amide bonds. The summed E-state index contributed by atoms with van der Waals surface area (Å²) in [5, 5.41) is 11.5. The topological polar surface area (TPSA) is 46.0 Å². The van der Waals surface area contributed by atoms with Crippen LogP contribution in [0.4, 0.5) is 0 Å². The van der Waals surface area contributed by atoms with Crippen molar-refractivity contribution in [2.24, 2.45) is 0 Å². The summed E-state index contributed by atoms with van der Waals surface area (Å²) in [4.78, 5) is 2.41. The molecule has 1 aromatic rings. The molecule has 0 saturated heterocycles. The minimum absolute atomic E-state index is 0.814. The molecule has 1 aromatic heterocycles. The van der Waals surface area contributed by atoms with Gasteiger partial charge in [0.25, 0.3) is 0 Å². The number of aromatic nitrogens is 3. The lowest BCUT2D eigenvalue weighted by Gasteiger charge is -2.14. The quantitative estimate of drug-likeness (QED) is 0.730. The van der Waals surface area contributed by atoms with Crippen molar-refractivity contribution in [2.75, 3.05) is 20.1 Å². The van der Waals surface area contributed by atoms with Gasteiger partial charge in [0.15, 0.2) is 0 Å². The first-order valence-electron chi connectivity index (χ1n) is 6.09. The van der Waals surface area contributed by atoms with Crippen LogP contribution in [0.25, 0.3) is 0 Å². The van der Waals surface area contributed by atoms with Crippen LogP contribution in [0.5, 0.6) is 0 Å². The molecule has 2 rings (SSSR count). The van der Waals surface area contributed by atoms with E-state index >= 15 is 0 Å². The number of nitrogens with one attached hydrogen (secondary N) is 1. The van der Waals surface area contributed by atoms with Crippen LogP contribution in [0.15, 0.2) is 6.20 Å². The Morgan fingerprint density at radius 2 is 2.38 bits per heavy atom. The second-order valence-electron chi connectivity index (χ2n) is 4.47. The number of rotatable bonds is 7. The Bertz CT molecular complexity index is 318. The van der Waals surface area contributed by atoms with E-state index in [-0.39, 0.29) is 0 Å². The van der Waals surface area contributed by atoms with Crippen LogP contribution in [0, 0.1) is 0 Å². The van der Waals surface area contributed by atoms with Gasteiger partial charge in [-0.1, -0.05) is 12.1 Å². The molecular weight excluding hydrogens is 202 g/mol. The number of nitrogens with zero attached hydrogens (tertiary/aromatic N) is 4. The predicted octanol–water partition coefficient (Wildman–Crippen LogP) is 0.482. The van der Waals surface area contributed by atoms with Crippen molar-refractivity contribution in [3.8, 4) is 0 Å². The monoisotopic (exact) mass is 223 g/mol. The molecule has 5 heteroatoms. The summed E-state index contributed by atoms with van der Waals surface area (Å²) in [6.07, 6.45) is 4.75. The average molecular weight is 223 g/mol. The fraction of sp³-hybridized carbons (Fsp3) is 0.818. The van der Waals surface area contributed by atoms with E-state index in [0.29, 0.717) is 0 Å². The first-order valence-corrected chi connectivity index (χ1v) is 6.09. The second kappa shape index (κ2) is 5.41. The van der Waals surface area contributed by atoms with Gasteiger partial charge in [-0.2, -0.15) is 0 Å². The smallest absolute Gasteiger partial charge is 0.0964 e. The van der Waals surface area contributed by atoms with E-state index in [4.69, 9.17) is 0 Å². The molecular formula is C11H21N5. The highest BCUT2D eigenvalue weighted by Crippen LogP contribution is 2.24. The van der Waals surface area contributed by atoms with Gasteiger partial charge >= 0.3 is 0 Å². The van der Waals surface area contributed by atoms with Gasteiger partial charge in [-0.25, -0.2) is 0 Å². The average Bonchev–Trinajstić information content (AvgIpc) is 3.04. The summed E-state index contributed by atoms with van der Waals surface area (Å²) in [5.41, 5.74) is 1.02. The van der Waals surface area contributed by atoms with Gasteiger partial charge < -0.3 is 10.2 Å². The lowest BCUT2D eigenvalue weighted by Crippen LogP contribution is -2.25. The van der Waals surface area contributed by atoms with Gasteiger partial charge in [-0.05, 0) is 26.4 Å². The van der Waals surface area contributed by atoms with Gasteiger partial charge in [-0.15, -0.1) is 5.10 Å². The van der Waals surface area contributed by atoms with Crippen molar-refractivity contribution < 1.29 is 0 Å². The summed E-state index contributed by atoms with van der Waals surface area (Å²) in [6.45, 7) is 5.88. The molecule has 0 bridgehead atoms. The highest BCUT2D eigenvalue weighted by molar-refractivity contribution is 4.91. The van der Waals surface area contributed by atoms with Crippen molar-refractivity contribution >= 4 is 0 Å². The zero-order valence-corrected chi connectivity index (χ0v) is 10.2. The maximum atomic E-state index is 4.12. The summed E-state index contributed by atoms with van der Waals surface area (Å²) >= 11 is 0. The van der Waals surface area contributed by atoms with Gasteiger partial charge in [0, 0.05) is 25.3 Å². The lowest BCUT2D eigenvalue weighted by atomic mass is 10.4. The number of hydrogen-bond acceptors (Lipinski definition) is 4. The largest absolute Gasteiger partial charge is 0.311 e. The van der Waals surface area contributed by atoms with E-state index in [1.165, 1.54) is 12.8 Å². The second-order valence-corrected chi connectivity index (χ2v) is 4.47. The third kappa shape index (κ3) is 3.28. The molecule has 1 aliphatic rings. The van der Waals surface area contributed by atoms with E-state index in [9.17, 15) is 0 Å². The van der Waals surface area contributed by atoms with E-state index in [1.807, 2.05) is 10.9 Å². The molecule has 90 valence electrons. The maximum Gasteiger partial charge on any atom is 0.0964 e. The minimum atomic E-state index is 0.814. The van der Waals surface area contributed by atoms with Crippen molar-refractivity contribution in [1.82, 2.24) is 25.2 Å². The summed E-state index contributed by atoms with van der Waals surface area (Å²) in [6, 6.07) is 0.824. The van der Waals surface area contributed by atoms with E-state index in [2.05, 4.69) is 34.5 Å². The van der Waals surface area contributed by atoms with Crippen LogP contribution in [0.2, 0.25) is 0 Å². The molecule has 0 aromatic carbocycles. The predicted molar refractivity (Wildman–Crippen MR) is 63.1 cm³/mol. The van der Waals surface area contributed by atoms with Gasteiger partial charge in [-0.3, -0.25) is 4.68 Å². The van der Waals surface area contributed by atoms with Crippen LogP contribution in [0.1, 0.15) is 25.5 Å². The van der Waals surface area contributed by atoms with Crippen molar-refractivity contribution in [3.63, 3.8) is 0 Å². The fourth-order valence-electron chi connectivity index (χ4n) is 1.74. The van der Waals surface area contributed by atoms with E-state index in [0.717, 1.165) is 37.9 Å². The fourth-order valence-corrected chi connectivity index (χ4v) is 1.74. The normalized spacial score (nSPS) is 15.9. The van der Waals surface area contributed by atoms with Crippen LogP contribution in [-0.4, -0.2) is 46.1 Å². The van der Waals surface area contributed by atoms with Gasteiger partial charge in [0.1, 0.15) is 0 Å². The highest BCUT2D eigenvalue weighted by Gasteiger charge is 2.25. The minimum Gasteiger partial charge on any atom is -0.311 e. The standard InChI is InChI=1S/C11H21N5/c1-3-12-8-10-9-16(14-13-10)7-6-15(2)11-4-5-11/h9,11-12H,3-8H2,1-2H3. The molecule has 0 atom stereocenters. The third-order valence-electron chi connectivity index (χ3n) is 2.99. The summed E-state index contributed by atoms with van der Waals surface area (Å²) in [5.74, 6) is 0. The molecule has 1 N–H and O–H groups in total. The number of likely N-dealkylation sites (N-methyl/N-ethyl adjacent to an activating group) is 1. The molecule has 5 nitrogen and oxygen atoms in total. The number of hydrogen-bond donors (Lipinski definition) is 1. The van der Waals surface area contributed by atoms with Crippen molar-refractivity contribution in [2.45, 2.75) is 38.9 Å². The van der Waals surface area contributed by atoms with Crippen LogP contribution >= 0.6 is 0 Å². The third-order valence-corrected chi connectivity index (χ3v) is 2.99. The zero-order chi connectivity index (χ0) is 11.4. The Labute approximate surface area is 96.8 Å². The van der Waals surface area contributed by atoms with Crippen LogP contribution in [0.3, 0.4) is 0 Å². The molecule has 0 aliphatic heterocycles. The molecule has 0 unspecified atom stereocenters. The Hall–Kier alpha value is -0.940. The summed E-state index contributed by atoms with van der Waals surface area (Å²) < 4.78 is 1.94. The maximum absolute atomic E-state index is 4.12. The van der Waals surface area contributed by atoms with E-state index in [1.54, 1.807) is 0 Å². The van der Waals surface area contributed by atoms with Gasteiger partial charge in [0.05, 0.1) is 12.2 Å². The molecule has 0 radical (unpaired) electrons. The van der Waals surface area contributed by atoms with Crippen LogP contribution in [-0.2, 0) is 13.1 Å². The van der Waals surface area contributed by atoms with Gasteiger partial charge in [0.2, 0.25) is 0 Å². The SMILES string of the molecule is CCNCc1cn(CCN(C)C2CC2)nn1. The Morgan fingerprint density at radius 1 is 1.56 bits per heavy atom. The first-order chi connectivity index (χ1) is 7.79. The van der Waals surface area contributed by atoms with Crippen molar-refractivity contribution in [1.29, 1.82) is 0 Å². The highest BCUT2D eigenvalue weighted by atomic mass is 15.4. The van der Waals surface area contributed by atoms with Crippen molar-refractivity contribution in [3.05, 3.63) is 11.9 Å². The molecule has 1 heterocycles. The summed E-state index contributed by atoms with van der Waals surface area (Å²) in [7, 11) is 2.19. The van der Waals surface area contributed by atoms with E-state index < -0.39 is 0 Å². The van der Waals surface area contributed by atoms with Crippen LogP contribution < -0.4 is 5.32 Å². The first kappa shape index (κ1) is 11.5. The molecule has 0 spiro atoms. The Balaban J connectivity index is 1.73. The molecule has 16 heavy (non-hydrogen) atoms. The Kier molecular flexibility index (Phi) is 3.90. The lowest BCUT2D eigenvalue weighted by molar-refractivity contribution is 0.301. The molecule has 1 aliphatic carbocycles.